The zero-order chi connectivity index (χ0) is 20.7. The van der Waals surface area contributed by atoms with E-state index in [9.17, 15) is 9.59 Å². The second-order valence-corrected chi connectivity index (χ2v) is 8.45. The van der Waals surface area contributed by atoms with E-state index in [1.165, 1.54) is 0 Å². The monoisotopic (exact) mass is 409 g/mol. The van der Waals surface area contributed by atoms with Crippen LogP contribution in [0, 0.1) is 6.92 Å². The van der Waals surface area contributed by atoms with Crippen LogP contribution >= 0.6 is 11.8 Å². The third-order valence-corrected chi connectivity index (χ3v) is 6.65. The van der Waals surface area contributed by atoms with Gasteiger partial charge in [0.15, 0.2) is 0 Å². The molecule has 3 aromatic rings. The molecule has 4 rings (SSSR count). The molecular weight excluding hydrogens is 386 g/mol. The lowest BCUT2D eigenvalue weighted by Gasteiger charge is -2.23. The number of para-hydroxylation sites is 1. The van der Waals surface area contributed by atoms with Gasteiger partial charge in [0.05, 0.1) is 23.7 Å². The lowest BCUT2D eigenvalue weighted by molar-refractivity contribution is -0.117. The molecule has 0 N–H and O–H groups in total. The van der Waals surface area contributed by atoms with Gasteiger partial charge in [-0.3, -0.25) is 19.2 Å². The molecule has 6 nitrogen and oxygen atoms in total. The van der Waals surface area contributed by atoms with Gasteiger partial charge in [0.25, 0.3) is 5.56 Å². The first-order valence-electron chi connectivity index (χ1n) is 9.40. The molecule has 0 spiro atoms. The van der Waals surface area contributed by atoms with Crippen LogP contribution in [0.4, 0.5) is 5.69 Å². The topological polar surface area (TPSA) is 56.5 Å². The molecule has 2 aromatic carbocycles. The van der Waals surface area contributed by atoms with E-state index in [1.54, 1.807) is 33.1 Å². The average molecular weight is 410 g/mol. The van der Waals surface area contributed by atoms with Crippen molar-refractivity contribution in [2.45, 2.75) is 24.5 Å². The first-order chi connectivity index (χ1) is 13.9. The standard InChI is InChI=1S/C22H23N3O3S/c1-14-19(21(27)25(23(14)3)17-10-6-5-7-11-17)24-20(26)15(2)29-22(24)16-9-8-12-18(13-16)28-4/h5-13,15,22H,1-4H3. The first kappa shape index (κ1) is 19.4. The maximum absolute atomic E-state index is 13.5. The van der Waals surface area contributed by atoms with E-state index < -0.39 is 0 Å². The van der Waals surface area contributed by atoms with Crippen molar-refractivity contribution in [3.8, 4) is 11.4 Å². The molecule has 1 amide bonds. The maximum Gasteiger partial charge on any atom is 0.295 e. The van der Waals surface area contributed by atoms with Crippen molar-refractivity contribution < 1.29 is 9.53 Å². The molecule has 2 atom stereocenters. The first-order valence-corrected chi connectivity index (χ1v) is 10.3. The molecule has 29 heavy (non-hydrogen) atoms. The Kier molecular flexibility index (Phi) is 5.00. The van der Waals surface area contributed by atoms with E-state index in [-0.39, 0.29) is 22.1 Å². The van der Waals surface area contributed by atoms with Crippen molar-refractivity contribution in [2.24, 2.45) is 7.05 Å². The molecule has 0 saturated carbocycles. The molecule has 2 heterocycles. The number of amides is 1. The lowest BCUT2D eigenvalue weighted by Crippen LogP contribution is -2.34. The fourth-order valence-electron chi connectivity index (χ4n) is 3.71. The summed E-state index contributed by atoms with van der Waals surface area (Å²) in [6, 6.07) is 17.1. The van der Waals surface area contributed by atoms with Gasteiger partial charge in [-0.1, -0.05) is 30.3 Å². The van der Waals surface area contributed by atoms with Crippen molar-refractivity contribution in [3.63, 3.8) is 0 Å². The van der Waals surface area contributed by atoms with Crippen LogP contribution in [0.15, 0.2) is 59.4 Å². The summed E-state index contributed by atoms with van der Waals surface area (Å²) in [7, 11) is 3.46. The summed E-state index contributed by atoms with van der Waals surface area (Å²) in [6.07, 6.45) is 0. The number of rotatable bonds is 4. The lowest BCUT2D eigenvalue weighted by atomic mass is 10.1. The summed E-state index contributed by atoms with van der Waals surface area (Å²) < 4.78 is 8.76. The number of ether oxygens (including phenoxy) is 1. The molecule has 1 aliphatic rings. The number of anilines is 1. The van der Waals surface area contributed by atoms with E-state index >= 15 is 0 Å². The number of hydrogen-bond donors (Lipinski definition) is 0. The van der Waals surface area contributed by atoms with Crippen molar-refractivity contribution in [1.82, 2.24) is 9.36 Å². The van der Waals surface area contributed by atoms with Gasteiger partial charge in [-0.15, -0.1) is 11.8 Å². The molecule has 0 aliphatic carbocycles. The van der Waals surface area contributed by atoms with E-state index in [1.807, 2.05) is 75.5 Å². The Hall–Kier alpha value is -2.93. The summed E-state index contributed by atoms with van der Waals surface area (Å²) in [4.78, 5) is 28.2. The summed E-state index contributed by atoms with van der Waals surface area (Å²) >= 11 is 1.54. The van der Waals surface area contributed by atoms with Gasteiger partial charge in [0.2, 0.25) is 5.91 Å². The van der Waals surface area contributed by atoms with Crippen molar-refractivity contribution >= 4 is 23.4 Å². The Morgan fingerprint density at radius 1 is 1.03 bits per heavy atom. The summed E-state index contributed by atoms with van der Waals surface area (Å²) in [5.41, 5.74) is 2.66. The number of thioether (sulfide) groups is 1. The van der Waals surface area contributed by atoms with E-state index in [4.69, 9.17) is 4.74 Å². The molecule has 1 aromatic heterocycles. The molecule has 0 bridgehead atoms. The number of aromatic nitrogens is 2. The summed E-state index contributed by atoms with van der Waals surface area (Å²) in [6.45, 7) is 3.76. The highest BCUT2D eigenvalue weighted by Gasteiger charge is 2.42. The van der Waals surface area contributed by atoms with Gasteiger partial charge in [0.1, 0.15) is 16.8 Å². The van der Waals surface area contributed by atoms with Crippen LogP contribution in [0.25, 0.3) is 5.69 Å². The Morgan fingerprint density at radius 2 is 1.76 bits per heavy atom. The highest BCUT2D eigenvalue weighted by atomic mass is 32.2. The molecule has 2 unspecified atom stereocenters. The van der Waals surface area contributed by atoms with E-state index in [0.717, 1.165) is 22.7 Å². The van der Waals surface area contributed by atoms with Crippen LogP contribution < -0.4 is 15.2 Å². The second-order valence-electron chi connectivity index (χ2n) is 7.03. The van der Waals surface area contributed by atoms with Crippen LogP contribution in [0.2, 0.25) is 0 Å². The number of nitrogens with zero attached hydrogens (tertiary/aromatic N) is 3. The third-order valence-electron chi connectivity index (χ3n) is 5.30. The van der Waals surface area contributed by atoms with Crippen molar-refractivity contribution in [3.05, 3.63) is 76.2 Å². The number of methoxy groups -OCH3 is 1. The van der Waals surface area contributed by atoms with E-state index in [2.05, 4.69) is 0 Å². The molecule has 7 heteroatoms. The van der Waals surface area contributed by atoms with Crippen molar-refractivity contribution in [1.29, 1.82) is 0 Å². The van der Waals surface area contributed by atoms with Gasteiger partial charge in [0, 0.05) is 7.05 Å². The number of hydrogen-bond acceptors (Lipinski definition) is 4. The SMILES string of the molecule is COc1cccc(C2SC(C)C(=O)N2c2c(C)n(C)n(-c3ccccc3)c2=O)c1. The Balaban J connectivity index is 1.88. The number of benzene rings is 2. The highest BCUT2D eigenvalue weighted by molar-refractivity contribution is 8.01. The zero-order valence-electron chi connectivity index (χ0n) is 16.8. The van der Waals surface area contributed by atoms with Crippen LogP contribution in [0.1, 0.15) is 23.6 Å². The molecule has 1 aliphatic heterocycles. The van der Waals surface area contributed by atoms with Crippen LogP contribution in [0.3, 0.4) is 0 Å². The molecule has 0 radical (unpaired) electrons. The fourth-order valence-corrected chi connectivity index (χ4v) is 4.96. The number of carbonyl (C=O) groups excluding carboxylic acids is 1. The van der Waals surface area contributed by atoms with Gasteiger partial charge in [-0.25, -0.2) is 4.68 Å². The summed E-state index contributed by atoms with van der Waals surface area (Å²) in [5, 5.41) is -0.527. The van der Waals surface area contributed by atoms with Gasteiger partial charge >= 0.3 is 0 Å². The largest absolute Gasteiger partial charge is 0.497 e. The molecular formula is C22H23N3O3S. The minimum atomic E-state index is -0.286. The Morgan fingerprint density at radius 3 is 2.45 bits per heavy atom. The van der Waals surface area contributed by atoms with Crippen LogP contribution in [-0.4, -0.2) is 27.6 Å². The minimum Gasteiger partial charge on any atom is -0.497 e. The highest BCUT2D eigenvalue weighted by Crippen LogP contribution is 2.46. The maximum atomic E-state index is 13.5. The Bertz CT molecular complexity index is 1120. The van der Waals surface area contributed by atoms with Crippen molar-refractivity contribution in [2.75, 3.05) is 12.0 Å². The smallest absolute Gasteiger partial charge is 0.295 e. The average Bonchev–Trinajstić information content (AvgIpc) is 3.15. The van der Waals surface area contributed by atoms with Gasteiger partial charge in [-0.05, 0) is 43.7 Å². The van der Waals surface area contributed by atoms with Crippen LogP contribution in [0.5, 0.6) is 5.75 Å². The molecule has 1 fully saturated rings. The second kappa shape index (κ2) is 7.48. The summed E-state index contributed by atoms with van der Waals surface area (Å²) in [5.74, 6) is 0.662. The van der Waals surface area contributed by atoms with Crippen LogP contribution in [-0.2, 0) is 11.8 Å². The molecule has 1 saturated heterocycles. The zero-order valence-corrected chi connectivity index (χ0v) is 17.6. The predicted molar refractivity (Wildman–Crippen MR) is 116 cm³/mol. The fraction of sp³-hybridized carbons (Fsp3) is 0.273. The molecule has 150 valence electrons. The third kappa shape index (κ3) is 3.15. The number of carbonyl (C=O) groups is 1. The predicted octanol–water partition coefficient (Wildman–Crippen LogP) is 3.66. The van der Waals surface area contributed by atoms with E-state index in [0.29, 0.717) is 5.69 Å². The quantitative estimate of drug-likeness (QED) is 0.660. The van der Waals surface area contributed by atoms with Gasteiger partial charge in [-0.2, -0.15) is 0 Å². The normalized spacial score (nSPS) is 19.0. The van der Waals surface area contributed by atoms with Gasteiger partial charge < -0.3 is 4.74 Å². The Labute approximate surface area is 173 Å². The minimum absolute atomic E-state index is 0.0613.